The Morgan fingerprint density at radius 2 is 1.48 bits per heavy atom. The first kappa shape index (κ1) is 24.1. The highest BCUT2D eigenvalue weighted by Gasteiger charge is 2.70. The number of amides is 1. The summed E-state index contributed by atoms with van der Waals surface area (Å²) in [6, 6.07) is 29.8. The van der Waals surface area contributed by atoms with Gasteiger partial charge in [0.25, 0.3) is 0 Å². The predicted octanol–water partition coefficient (Wildman–Crippen LogP) is 5.68. The zero-order valence-corrected chi connectivity index (χ0v) is 21.8. The lowest BCUT2D eigenvalue weighted by atomic mass is 9.62. The first-order valence-corrected chi connectivity index (χ1v) is 13.3. The number of para-hydroxylation sites is 1. The molecule has 3 aliphatic rings. The normalized spacial score (nSPS) is 23.8. The summed E-state index contributed by atoms with van der Waals surface area (Å²) in [6.45, 7) is 0. The molecule has 6 heteroatoms. The van der Waals surface area contributed by atoms with Crippen molar-refractivity contribution in [3.63, 3.8) is 0 Å². The maximum atomic E-state index is 14.7. The van der Waals surface area contributed by atoms with E-state index in [1.165, 1.54) is 0 Å². The van der Waals surface area contributed by atoms with Gasteiger partial charge in [0.05, 0.1) is 19.1 Å². The fraction of sp³-hybridized carbons (Fsp3) is 0.147. The second kappa shape index (κ2) is 9.06. The molecule has 1 saturated heterocycles. The van der Waals surface area contributed by atoms with Crippen molar-refractivity contribution >= 4 is 29.2 Å². The molecular weight excluding hydrogens is 500 g/mol. The van der Waals surface area contributed by atoms with Gasteiger partial charge in [0.15, 0.2) is 11.6 Å². The molecule has 0 aromatic heterocycles. The lowest BCUT2D eigenvalue weighted by Gasteiger charge is -2.38. The van der Waals surface area contributed by atoms with Crippen LogP contribution in [0.15, 0.2) is 109 Å². The number of ether oxygens (including phenoxy) is 1. The number of carbonyl (C=O) groups is 3. The summed E-state index contributed by atoms with van der Waals surface area (Å²) in [5.74, 6) is -1.12. The van der Waals surface area contributed by atoms with Gasteiger partial charge in [0, 0.05) is 23.0 Å². The van der Waals surface area contributed by atoms with Crippen LogP contribution in [0.3, 0.4) is 0 Å². The third-order valence-corrected chi connectivity index (χ3v) is 8.55. The van der Waals surface area contributed by atoms with E-state index in [2.05, 4.69) is 5.32 Å². The van der Waals surface area contributed by atoms with Crippen LogP contribution >= 0.6 is 0 Å². The number of ketones is 2. The SMILES string of the molecule is COc1ccc(C(=O)[C@@H]2[C@H](C(=O)c3ccccc3)N3C=Cc4ccccc4[C@@H]3[C@@]23C(=O)Nc2ccccc23)cc1. The Labute approximate surface area is 231 Å². The summed E-state index contributed by atoms with van der Waals surface area (Å²) >= 11 is 0. The summed E-state index contributed by atoms with van der Waals surface area (Å²) in [6.07, 6.45) is 3.85. The largest absolute Gasteiger partial charge is 0.497 e. The Hall–Kier alpha value is -4.97. The summed E-state index contributed by atoms with van der Waals surface area (Å²) in [5, 5.41) is 3.07. The lowest BCUT2D eigenvalue weighted by Crippen LogP contribution is -2.49. The average Bonchev–Trinajstić information content (AvgIpc) is 3.49. The third-order valence-electron chi connectivity index (χ3n) is 8.55. The Morgan fingerprint density at radius 1 is 0.800 bits per heavy atom. The Bertz CT molecular complexity index is 1690. The zero-order valence-electron chi connectivity index (χ0n) is 21.8. The van der Waals surface area contributed by atoms with Crippen LogP contribution in [-0.4, -0.2) is 35.5 Å². The summed E-state index contributed by atoms with van der Waals surface area (Å²) in [7, 11) is 1.57. The Morgan fingerprint density at radius 3 is 2.25 bits per heavy atom. The van der Waals surface area contributed by atoms with Gasteiger partial charge in [-0.3, -0.25) is 14.4 Å². The van der Waals surface area contributed by atoms with Gasteiger partial charge in [0.1, 0.15) is 17.2 Å². The first-order valence-electron chi connectivity index (χ1n) is 13.3. The van der Waals surface area contributed by atoms with E-state index in [-0.39, 0.29) is 17.5 Å². The van der Waals surface area contributed by atoms with Crippen molar-refractivity contribution in [2.45, 2.75) is 17.5 Å². The summed E-state index contributed by atoms with van der Waals surface area (Å²) in [5.41, 5.74) is 2.84. The lowest BCUT2D eigenvalue weighted by molar-refractivity contribution is -0.122. The van der Waals surface area contributed by atoms with Gasteiger partial charge in [-0.25, -0.2) is 0 Å². The number of hydrogen-bond acceptors (Lipinski definition) is 5. The Balaban J connectivity index is 1.53. The number of nitrogens with one attached hydrogen (secondary N) is 1. The fourth-order valence-corrected chi connectivity index (χ4v) is 6.88. The number of methoxy groups -OCH3 is 1. The summed E-state index contributed by atoms with van der Waals surface area (Å²) in [4.78, 5) is 45.6. The second-order valence-electron chi connectivity index (χ2n) is 10.4. The van der Waals surface area contributed by atoms with Gasteiger partial charge in [-0.05, 0) is 53.1 Å². The minimum atomic E-state index is -1.34. The van der Waals surface area contributed by atoms with Crippen molar-refractivity contribution < 1.29 is 19.1 Å². The molecule has 7 rings (SSSR count). The van der Waals surface area contributed by atoms with Gasteiger partial charge in [-0.15, -0.1) is 0 Å². The molecule has 1 amide bonds. The molecule has 1 N–H and O–H groups in total. The smallest absolute Gasteiger partial charge is 0.238 e. The molecule has 4 atom stereocenters. The molecule has 1 spiro atoms. The van der Waals surface area contributed by atoms with Gasteiger partial charge >= 0.3 is 0 Å². The number of Topliss-reactive ketones (excluding diaryl/α,β-unsaturated/α-hetero) is 2. The zero-order chi connectivity index (χ0) is 27.4. The number of nitrogens with zero attached hydrogens (tertiary/aromatic N) is 1. The second-order valence-corrected chi connectivity index (χ2v) is 10.4. The van der Waals surface area contributed by atoms with Crippen LogP contribution in [0.2, 0.25) is 0 Å². The highest BCUT2D eigenvalue weighted by Crippen LogP contribution is 2.62. The predicted molar refractivity (Wildman–Crippen MR) is 152 cm³/mol. The van der Waals surface area contributed by atoms with Crippen molar-refractivity contribution in [3.8, 4) is 5.75 Å². The van der Waals surface area contributed by atoms with Gasteiger partial charge in [0.2, 0.25) is 5.91 Å². The van der Waals surface area contributed by atoms with Crippen molar-refractivity contribution in [2.75, 3.05) is 12.4 Å². The van der Waals surface area contributed by atoms with E-state index in [1.807, 2.05) is 83.9 Å². The van der Waals surface area contributed by atoms with Crippen LogP contribution in [0.1, 0.15) is 43.4 Å². The van der Waals surface area contributed by atoms with Gasteiger partial charge in [-0.2, -0.15) is 0 Å². The number of anilines is 1. The maximum absolute atomic E-state index is 14.7. The molecule has 0 aliphatic carbocycles. The van der Waals surface area contributed by atoms with E-state index in [4.69, 9.17) is 4.74 Å². The molecule has 0 radical (unpaired) electrons. The van der Waals surface area contributed by atoms with Crippen LogP contribution in [-0.2, 0) is 10.2 Å². The molecule has 3 heterocycles. The third kappa shape index (κ3) is 3.26. The van der Waals surface area contributed by atoms with Gasteiger partial charge < -0.3 is 15.0 Å². The topological polar surface area (TPSA) is 75.7 Å². The fourth-order valence-electron chi connectivity index (χ4n) is 6.88. The number of hydrogen-bond donors (Lipinski definition) is 1. The molecule has 40 heavy (non-hydrogen) atoms. The molecule has 0 bridgehead atoms. The molecule has 4 aromatic carbocycles. The number of carbonyl (C=O) groups excluding carboxylic acids is 3. The molecule has 3 aliphatic heterocycles. The van der Waals surface area contributed by atoms with Crippen LogP contribution in [0.5, 0.6) is 5.75 Å². The molecule has 1 fully saturated rings. The van der Waals surface area contributed by atoms with Crippen molar-refractivity contribution in [1.29, 1.82) is 0 Å². The van der Waals surface area contributed by atoms with E-state index in [0.29, 0.717) is 22.6 Å². The molecule has 196 valence electrons. The highest BCUT2D eigenvalue weighted by molar-refractivity contribution is 6.16. The molecule has 4 aromatic rings. The number of rotatable bonds is 5. The number of fused-ring (bicyclic) bond motifs is 6. The molecule has 6 nitrogen and oxygen atoms in total. The quantitative estimate of drug-likeness (QED) is 0.339. The molecular formula is C34H26N2O4. The van der Waals surface area contributed by atoms with E-state index < -0.39 is 23.4 Å². The van der Waals surface area contributed by atoms with Crippen LogP contribution in [0.25, 0.3) is 6.08 Å². The maximum Gasteiger partial charge on any atom is 0.238 e. The monoisotopic (exact) mass is 526 g/mol. The van der Waals surface area contributed by atoms with Crippen LogP contribution < -0.4 is 10.1 Å². The minimum absolute atomic E-state index is 0.199. The average molecular weight is 527 g/mol. The van der Waals surface area contributed by atoms with E-state index >= 15 is 0 Å². The van der Waals surface area contributed by atoms with Crippen molar-refractivity contribution in [2.24, 2.45) is 5.92 Å². The van der Waals surface area contributed by atoms with Crippen LogP contribution in [0, 0.1) is 5.92 Å². The minimum Gasteiger partial charge on any atom is -0.497 e. The standard InChI is InChI=1S/C34H26N2O4/c1-40-24-17-15-23(16-18-24)30(37)28-29(31(38)22-10-3-2-4-11-22)36-20-19-21-9-5-6-12-25(21)32(36)34(28)26-13-7-8-14-27(26)35-33(34)39/h2-20,28-29,32H,1H3,(H,35,39)/t28-,29+,32+,34-/m0/s1. The molecule has 0 saturated carbocycles. The number of benzene rings is 4. The highest BCUT2D eigenvalue weighted by atomic mass is 16.5. The van der Waals surface area contributed by atoms with E-state index in [9.17, 15) is 14.4 Å². The van der Waals surface area contributed by atoms with E-state index in [0.717, 1.165) is 16.7 Å². The van der Waals surface area contributed by atoms with Crippen LogP contribution in [0.4, 0.5) is 5.69 Å². The molecule has 0 unspecified atom stereocenters. The first-order chi connectivity index (χ1) is 19.6. The summed E-state index contributed by atoms with van der Waals surface area (Å²) < 4.78 is 5.32. The van der Waals surface area contributed by atoms with Gasteiger partial charge in [-0.1, -0.05) is 72.8 Å². The van der Waals surface area contributed by atoms with Crippen molar-refractivity contribution in [3.05, 3.63) is 137 Å². The Kier molecular flexibility index (Phi) is 5.46. The van der Waals surface area contributed by atoms with E-state index in [1.54, 1.807) is 43.5 Å². The van der Waals surface area contributed by atoms with Crippen molar-refractivity contribution in [1.82, 2.24) is 4.90 Å².